The molecule has 1 aromatic carbocycles. The summed E-state index contributed by atoms with van der Waals surface area (Å²) in [5.74, 6) is -1.25. The predicted molar refractivity (Wildman–Crippen MR) is 69.5 cm³/mol. The molecular formula is C14H11F2N3O. The second-order valence-corrected chi connectivity index (χ2v) is 4.34. The Morgan fingerprint density at radius 1 is 1.15 bits per heavy atom. The minimum absolute atomic E-state index is 0.422. The molecule has 0 aliphatic carbocycles. The zero-order valence-corrected chi connectivity index (χ0v) is 10.7. The number of halogens is 2. The van der Waals surface area contributed by atoms with Crippen LogP contribution in [0.4, 0.5) is 8.78 Å². The van der Waals surface area contributed by atoms with Crippen molar-refractivity contribution in [3.05, 3.63) is 54.0 Å². The highest BCUT2D eigenvalue weighted by Crippen LogP contribution is 2.18. The van der Waals surface area contributed by atoms with Crippen LogP contribution in [0, 0.1) is 11.6 Å². The van der Waals surface area contributed by atoms with Gasteiger partial charge in [0.1, 0.15) is 0 Å². The van der Waals surface area contributed by atoms with Gasteiger partial charge < -0.3 is 9.30 Å². The third kappa shape index (κ3) is 2.20. The molecule has 102 valence electrons. The van der Waals surface area contributed by atoms with Gasteiger partial charge >= 0.3 is 0 Å². The molecule has 3 rings (SSSR count). The number of fused-ring (bicyclic) bond motifs is 1. The number of methoxy groups -OCH3 is 1. The van der Waals surface area contributed by atoms with Gasteiger partial charge in [-0.3, -0.25) is 0 Å². The van der Waals surface area contributed by atoms with Crippen molar-refractivity contribution < 1.29 is 13.5 Å². The molecule has 0 saturated heterocycles. The number of hydrogen-bond acceptors (Lipinski definition) is 3. The summed E-state index contributed by atoms with van der Waals surface area (Å²) in [6.07, 6.45) is 3.22. The maximum Gasteiger partial charge on any atom is 0.212 e. The number of ether oxygens (including phenoxy) is 1. The number of pyridine rings is 1. The molecule has 0 fully saturated rings. The van der Waals surface area contributed by atoms with Gasteiger partial charge in [-0.1, -0.05) is 6.07 Å². The molecule has 0 bridgehead atoms. The Balaban J connectivity index is 1.95. The van der Waals surface area contributed by atoms with Gasteiger partial charge in [-0.05, 0) is 5.56 Å². The number of nitrogens with zero attached hydrogens (tertiary/aromatic N) is 3. The first kappa shape index (κ1) is 12.5. The SMILES string of the molecule is COc1ccc(Cn2cnc3cc(F)c(F)cc32)cn1. The number of hydrogen-bond donors (Lipinski definition) is 0. The minimum Gasteiger partial charge on any atom is -0.481 e. The van der Waals surface area contributed by atoms with Gasteiger partial charge in [0.25, 0.3) is 0 Å². The molecule has 0 atom stereocenters. The second-order valence-electron chi connectivity index (χ2n) is 4.34. The lowest BCUT2D eigenvalue weighted by Gasteiger charge is -2.05. The van der Waals surface area contributed by atoms with Crippen LogP contribution in [0.5, 0.6) is 5.88 Å². The Kier molecular flexibility index (Phi) is 3.06. The summed E-state index contributed by atoms with van der Waals surface area (Å²) < 4.78 is 33.1. The van der Waals surface area contributed by atoms with E-state index in [0.29, 0.717) is 23.5 Å². The average Bonchev–Trinajstić information content (AvgIpc) is 2.83. The van der Waals surface area contributed by atoms with Gasteiger partial charge in [0.2, 0.25) is 5.88 Å². The van der Waals surface area contributed by atoms with Gasteiger partial charge in [0, 0.05) is 24.4 Å². The van der Waals surface area contributed by atoms with E-state index in [2.05, 4.69) is 9.97 Å². The molecular weight excluding hydrogens is 264 g/mol. The molecule has 0 aliphatic heterocycles. The molecule has 2 heterocycles. The summed E-state index contributed by atoms with van der Waals surface area (Å²) >= 11 is 0. The van der Waals surface area contributed by atoms with E-state index < -0.39 is 11.6 Å². The maximum absolute atomic E-state index is 13.3. The maximum atomic E-state index is 13.3. The highest BCUT2D eigenvalue weighted by atomic mass is 19.2. The van der Waals surface area contributed by atoms with Crippen LogP contribution in [-0.4, -0.2) is 21.6 Å². The molecule has 0 aliphatic rings. The number of aromatic nitrogens is 3. The first-order valence-electron chi connectivity index (χ1n) is 5.96. The lowest BCUT2D eigenvalue weighted by atomic mass is 10.2. The van der Waals surface area contributed by atoms with Crippen LogP contribution in [0.3, 0.4) is 0 Å². The molecule has 20 heavy (non-hydrogen) atoms. The quantitative estimate of drug-likeness (QED) is 0.738. The molecule has 0 unspecified atom stereocenters. The highest BCUT2D eigenvalue weighted by Gasteiger charge is 2.09. The van der Waals surface area contributed by atoms with E-state index in [0.717, 1.165) is 17.7 Å². The fourth-order valence-electron chi connectivity index (χ4n) is 2.00. The van der Waals surface area contributed by atoms with Crippen LogP contribution in [0.2, 0.25) is 0 Å². The largest absolute Gasteiger partial charge is 0.481 e. The Morgan fingerprint density at radius 2 is 1.95 bits per heavy atom. The van der Waals surface area contributed by atoms with Crippen molar-refractivity contribution in [2.75, 3.05) is 7.11 Å². The van der Waals surface area contributed by atoms with E-state index in [1.807, 2.05) is 6.07 Å². The van der Waals surface area contributed by atoms with Crippen molar-refractivity contribution in [1.82, 2.24) is 14.5 Å². The van der Waals surface area contributed by atoms with Gasteiger partial charge in [-0.15, -0.1) is 0 Å². The topological polar surface area (TPSA) is 39.9 Å². The molecule has 0 amide bonds. The third-order valence-electron chi connectivity index (χ3n) is 3.02. The lowest BCUT2D eigenvalue weighted by molar-refractivity contribution is 0.397. The van der Waals surface area contributed by atoms with Crippen LogP contribution in [-0.2, 0) is 6.54 Å². The van der Waals surface area contributed by atoms with Crippen molar-refractivity contribution in [3.8, 4) is 5.88 Å². The lowest BCUT2D eigenvalue weighted by Crippen LogP contribution is -1.99. The van der Waals surface area contributed by atoms with E-state index >= 15 is 0 Å². The molecule has 0 saturated carbocycles. The summed E-state index contributed by atoms with van der Waals surface area (Å²) in [7, 11) is 1.54. The van der Waals surface area contributed by atoms with Crippen molar-refractivity contribution in [3.63, 3.8) is 0 Å². The van der Waals surface area contributed by atoms with Crippen molar-refractivity contribution in [1.29, 1.82) is 0 Å². The van der Waals surface area contributed by atoms with Gasteiger partial charge in [0.05, 0.1) is 31.0 Å². The smallest absolute Gasteiger partial charge is 0.212 e. The summed E-state index contributed by atoms with van der Waals surface area (Å²) in [6.45, 7) is 0.471. The molecule has 3 aromatic rings. The standard InChI is InChI=1S/C14H11F2N3O/c1-20-14-3-2-9(6-17-14)7-19-8-18-12-4-10(15)11(16)5-13(12)19/h2-6,8H,7H2,1H3. The minimum atomic E-state index is -0.895. The second kappa shape index (κ2) is 4.88. The first-order valence-corrected chi connectivity index (χ1v) is 5.96. The van der Waals surface area contributed by atoms with Crippen molar-refractivity contribution in [2.45, 2.75) is 6.54 Å². The van der Waals surface area contributed by atoms with Gasteiger partial charge in [-0.25, -0.2) is 18.7 Å². The highest BCUT2D eigenvalue weighted by molar-refractivity contribution is 5.75. The fourth-order valence-corrected chi connectivity index (χ4v) is 2.00. The number of rotatable bonds is 3. The predicted octanol–water partition coefficient (Wildman–Crippen LogP) is 2.77. The van der Waals surface area contributed by atoms with E-state index in [1.165, 1.54) is 0 Å². The summed E-state index contributed by atoms with van der Waals surface area (Å²) in [5.41, 5.74) is 1.87. The van der Waals surface area contributed by atoms with Crippen LogP contribution < -0.4 is 4.74 Å². The normalized spacial score (nSPS) is 10.9. The van der Waals surface area contributed by atoms with Crippen LogP contribution in [0.1, 0.15) is 5.56 Å². The Morgan fingerprint density at radius 3 is 2.65 bits per heavy atom. The molecule has 0 spiro atoms. The Bertz CT molecular complexity index is 753. The molecule has 6 heteroatoms. The van der Waals surface area contributed by atoms with E-state index in [1.54, 1.807) is 30.3 Å². The van der Waals surface area contributed by atoms with E-state index in [-0.39, 0.29) is 0 Å². The average molecular weight is 275 g/mol. The van der Waals surface area contributed by atoms with Crippen molar-refractivity contribution >= 4 is 11.0 Å². The molecule has 0 N–H and O–H groups in total. The van der Waals surface area contributed by atoms with E-state index in [9.17, 15) is 8.78 Å². The van der Waals surface area contributed by atoms with Crippen molar-refractivity contribution in [2.24, 2.45) is 0 Å². The van der Waals surface area contributed by atoms with Crippen LogP contribution in [0.15, 0.2) is 36.8 Å². The molecule has 4 nitrogen and oxygen atoms in total. The third-order valence-corrected chi connectivity index (χ3v) is 3.02. The first-order chi connectivity index (χ1) is 9.67. The molecule has 0 radical (unpaired) electrons. The zero-order chi connectivity index (χ0) is 14.1. The van der Waals surface area contributed by atoms with E-state index in [4.69, 9.17) is 4.74 Å². The van der Waals surface area contributed by atoms with Gasteiger partial charge in [0.15, 0.2) is 11.6 Å². The number of imidazole rings is 1. The summed E-state index contributed by atoms with van der Waals surface area (Å²) in [6, 6.07) is 5.84. The number of benzene rings is 1. The monoisotopic (exact) mass is 275 g/mol. The zero-order valence-electron chi connectivity index (χ0n) is 10.7. The van der Waals surface area contributed by atoms with Crippen LogP contribution >= 0.6 is 0 Å². The molecule has 2 aromatic heterocycles. The fraction of sp³-hybridized carbons (Fsp3) is 0.143. The Labute approximate surface area is 113 Å². The summed E-state index contributed by atoms with van der Waals surface area (Å²) in [4.78, 5) is 8.16. The Hall–Kier alpha value is -2.50. The summed E-state index contributed by atoms with van der Waals surface area (Å²) in [5, 5.41) is 0. The van der Waals surface area contributed by atoms with Crippen LogP contribution in [0.25, 0.3) is 11.0 Å². The van der Waals surface area contributed by atoms with Gasteiger partial charge in [-0.2, -0.15) is 0 Å².